The molecule has 0 saturated carbocycles. The van der Waals surface area contributed by atoms with Crippen molar-refractivity contribution in [3.05, 3.63) is 53.3 Å². The third kappa shape index (κ3) is 3.72. The Morgan fingerprint density at radius 3 is 2.44 bits per heavy atom. The van der Waals surface area contributed by atoms with Crippen molar-refractivity contribution in [1.29, 1.82) is 0 Å². The highest BCUT2D eigenvalue weighted by Gasteiger charge is 2.28. The Bertz CT molecular complexity index is 932. The quantitative estimate of drug-likeness (QED) is 0.769. The first-order valence-electron chi connectivity index (χ1n) is 8.12. The van der Waals surface area contributed by atoms with Crippen molar-refractivity contribution < 1.29 is 28.5 Å². The Kier molecular flexibility index (Phi) is 5.03. The second-order valence-electron chi connectivity index (χ2n) is 5.97. The van der Waals surface area contributed by atoms with Crippen LogP contribution in [0, 0.1) is 0 Å². The van der Waals surface area contributed by atoms with Crippen LogP contribution in [0.2, 0.25) is 0 Å². The summed E-state index contributed by atoms with van der Waals surface area (Å²) in [7, 11) is 6.26. The average Bonchev–Trinajstić information content (AvgIpc) is 2.96. The van der Waals surface area contributed by atoms with E-state index in [1.54, 1.807) is 64.7 Å². The van der Waals surface area contributed by atoms with E-state index in [0.717, 1.165) is 0 Å². The molecule has 27 heavy (non-hydrogen) atoms. The number of ether oxygens (including phenoxy) is 4. The van der Waals surface area contributed by atoms with Gasteiger partial charge < -0.3 is 23.8 Å². The fourth-order valence-electron chi connectivity index (χ4n) is 2.52. The molecule has 0 spiro atoms. The molecule has 7 nitrogen and oxygen atoms in total. The first-order valence-corrected chi connectivity index (χ1v) is 8.12. The standard InChI is InChI=1S/C20H19NO6/c1-21(2)20(23)26-14-5-7-15-17(11-14)27-18(19(15)22)10-12-9-13(24-3)6-8-16(12)25-4/h5-11H,1-4H3/b18-10-. The number of carbonyl (C=O) groups is 2. The molecule has 2 aromatic carbocycles. The molecular formula is C20H19NO6. The molecule has 7 heteroatoms. The van der Waals surface area contributed by atoms with Crippen LogP contribution in [-0.4, -0.2) is 45.1 Å². The monoisotopic (exact) mass is 369 g/mol. The second kappa shape index (κ2) is 7.41. The molecule has 1 amide bonds. The second-order valence-corrected chi connectivity index (χ2v) is 5.97. The van der Waals surface area contributed by atoms with Crippen LogP contribution in [0.4, 0.5) is 4.79 Å². The van der Waals surface area contributed by atoms with Crippen molar-refractivity contribution in [2.24, 2.45) is 0 Å². The van der Waals surface area contributed by atoms with Crippen molar-refractivity contribution in [3.63, 3.8) is 0 Å². The summed E-state index contributed by atoms with van der Waals surface area (Å²) in [4.78, 5) is 25.6. The largest absolute Gasteiger partial charge is 0.497 e. The molecule has 1 aliphatic heterocycles. The van der Waals surface area contributed by atoms with Crippen LogP contribution in [0.5, 0.6) is 23.0 Å². The van der Waals surface area contributed by atoms with Crippen LogP contribution in [0.3, 0.4) is 0 Å². The number of fused-ring (bicyclic) bond motifs is 1. The number of nitrogens with zero attached hydrogens (tertiary/aromatic N) is 1. The Morgan fingerprint density at radius 1 is 1.04 bits per heavy atom. The van der Waals surface area contributed by atoms with E-state index in [1.165, 1.54) is 11.0 Å². The van der Waals surface area contributed by atoms with Gasteiger partial charge in [-0.05, 0) is 36.4 Å². The highest BCUT2D eigenvalue weighted by molar-refractivity contribution is 6.14. The molecular weight excluding hydrogens is 350 g/mol. The van der Waals surface area contributed by atoms with Gasteiger partial charge in [-0.15, -0.1) is 0 Å². The summed E-state index contributed by atoms with van der Waals surface area (Å²) in [5, 5.41) is 0. The minimum Gasteiger partial charge on any atom is -0.497 e. The summed E-state index contributed by atoms with van der Waals surface area (Å²) in [6.07, 6.45) is 1.08. The molecule has 0 atom stereocenters. The Hall–Kier alpha value is -3.48. The third-order valence-electron chi connectivity index (χ3n) is 3.94. The summed E-state index contributed by atoms with van der Waals surface area (Å²) in [6, 6.07) is 9.89. The maximum Gasteiger partial charge on any atom is 0.414 e. The highest BCUT2D eigenvalue weighted by atomic mass is 16.6. The average molecular weight is 369 g/mol. The summed E-state index contributed by atoms with van der Waals surface area (Å²) in [5.74, 6) is 1.71. The summed E-state index contributed by atoms with van der Waals surface area (Å²) in [5.41, 5.74) is 1.04. The van der Waals surface area contributed by atoms with Gasteiger partial charge in [-0.1, -0.05) is 0 Å². The number of methoxy groups -OCH3 is 2. The van der Waals surface area contributed by atoms with E-state index in [1.807, 2.05) is 0 Å². The van der Waals surface area contributed by atoms with Gasteiger partial charge in [0.05, 0.1) is 19.8 Å². The molecule has 0 N–H and O–H groups in total. The topological polar surface area (TPSA) is 74.3 Å². The van der Waals surface area contributed by atoms with Gasteiger partial charge in [0.2, 0.25) is 5.78 Å². The molecule has 0 aromatic heterocycles. The molecule has 0 radical (unpaired) electrons. The Labute approximate surface area is 156 Å². The molecule has 1 aliphatic rings. The maximum atomic E-state index is 12.6. The molecule has 2 aromatic rings. The molecule has 3 rings (SSSR count). The van der Waals surface area contributed by atoms with E-state index in [9.17, 15) is 9.59 Å². The van der Waals surface area contributed by atoms with Gasteiger partial charge in [-0.2, -0.15) is 0 Å². The van der Waals surface area contributed by atoms with Gasteiger partial charge in [0.15, 0.2) is 5.76 Å². The Morgan fingerprint density at radius 2 is 1.78 bits per heavy atom. The van der Waals surface area contributed by atoms with E-state index in [2.05, 4.69) is 0 Å². The zero-order valence-electron chi connectivity index (χ0n) is 15.4. The van der Waals surface area contributed by atoms with Gasteiger partial charge in [0.25, 0.3) is 0 Å². The molecule has 0 bridgehead atoms. The molecule has 140 valence electrons. The first-order chi connectivity index (χ1) is 12.9. The zero-order chi connectivity index (χ0) is 19.6. The van der Waals surface area contributed by atoms with E-state index in [4.69, 9.17) is 18.9 Å². The first kappa shape index (κ1) is 18.3. The number of rotatable bonds is 4. The van der Waals surface area contributed by atoms with Crippen molar-refractivity contribution in [3.8, 4) is 23.0 Å². The summed E-state index contributed by atoms with van der Waals surface area (Å²) >= 11 is 0. The molecule has 0 unspecified atom stereocenters. The molecule has 0 fully saturated rings. The minimum atomic E-state index is -0.517. The van der Waals surface area contributed by atoms with Crippen molar-refractivity contribution in [1.82, 2.24) is 4.90 Å². The summed E-state index contributed by atoms with van der Waals surface area (Å²) < 4.78 is 21.4. The van der Waals surface area contributed by atoms with Crippen molar-refractivity contribution >= 4 is 18.0 Å². The lowest BCUT2D eigenvalue weighted by Crippen LogP contribution is -2.25. The predicted octanol–water partition coefficient (Wildman–Crippen LogP) is 3.38. The number of benzene rings is 2. The maximum absolute atomic E-state index is 12.6. The number of hydrogen-bond acceptors (Lipinski definition) is 6. The van der Waals surface area contributed by atoms with Gasteiger partial charge in [0.1, 0.15) is 23.0 Å². The molecule has 0 aliphatic carbocycles. The fourth-order valence-corrected chi connectivity index (χ4v) is 2.52. The zero-order valence-corrected chi connectivity index (χ0v) is 15.4. The smallest absolute Gasteiger partial charge is 0.414 e. The lowest BCUT2D eigenvalue weighted by atomic mass is 10.1. The van der Waals surface area contributed by atoms with Crippen LogP contribution in [0.25, 0.3) is 6.08 Å². The van der Waals surface area contributed by atoms with Crippen LogP contribution >= 0.6 is 0 Å². The van der Waals surface area contributed by atoms with Crippen LogP contribution in [-0.2, 0) is 0 Å². The number of hydrogen-bond donors (Lipinski definition) is 0. The van der Waals surface area contributed by atoms with Crippen molar-refractivity contribution in [2.75, 3.05) is 28.3 Å². The number of carbonyl (C=O) groups excluding carboxylic acids is 2. The fraction of sp³-hybridized carbons (Fsp3) is 0.200. The van der Waals surface area contributed by atoms with Crippen molar-refractivity contribution in [2.45, 2.75) is 0 Å². The molecule has 0 saturated heterocycles. The molecule has 1 heterocycles. The van der Waals surface area contributed by atoms with E-state index >= 15 is 0 Å². The van der Waals surface area contributed by atoms with Gasteiger partial charge in [0, 0.05) is 25.7 Å². The minimum absolute atomic E-state index is 0.146. The lowest BCUT2D eigenvalue weighted by molar-refractivity contribution is 0.101. The van der Waals surface area contributed by atoms with Crippen LogP contribution in [0.15, 0.2) is 42.2 Å². The normalized spacial score (nSPS) is 13.8. The number of amides is 1. The number of ketones is 1. The van der Waals surface area contributed by atoms with E-state index in [0.29, 0.717) is 34.1 Å². The lowest BCUT2D eigenvalue weighted by Gasteiger charge is -2.10. The van der Waals surface area contributed by atoms with Gasteiger partial charge in [-0.25, -0.2) is 4.79 Å². The third-order valence-corrected chi connectivity index (χ3v) is 3.94. The number of Topliss-reactive ketones (excluding diaryl/α,β-unsaturated/α-hetero) is 1. The van der Waals surface area contributed by atoms with Crippen LogP contribution in [0.1, 0.15) is 15.9 Å². The Balaban J connectivity index is 1.90. The van der Waals surface area contributed by atoms with E-state index < -0.39 is 6.09 Å². The predicted molar refractivity (Wildman–Crippen MR) is 98.6 cm³/mol. The van der Waals surface area contributed by atoms with Crippen LogP contribution < -0.4 is 18.9 Å². The number of allylic oxidation sites excluding steroid dienone is 1. The summed E-state index contributed by atoms with van der Waals surface area (Å²) in [6.45, 7) is 0. The highest BCUT2D eigenvalue weighted by Crippen LogP contribution is 2.36. The van der Waals surface area contributed by atoms with E-state index in [-0.39, 0.29) is 11.5 Å². The van der Waals surface area contributed by atoms with Gasteiger partial charge in [-0.3, -0.25) is 4.79 Å². The SMILES string of the molecule is COc1ccc(OC)c(/C=C2\Oc3cc(OC(=O)N(C)C)ccc3C2=O)c1. The van der Waals surface area contributed by atoms with Gasteiger partial charge >= 0.3 is 6.09 Å².